The minimum Gasteiger partial charge on any atom is -0.369 e. The summed E-state index contributed by atoms with van der Waals surface area (Å²) < 4.78 is 40.1. The molecule has 0 atom stereocenters. The lowest BCUT2D eigenvalue weighted by Crippen LogP contribution is -2.40. The molecule has 108 valence electrons. The Labute approximate surface area is 114 Å². The lowest BCUT2D eigenvalue weighted by molar-refractivity contribution is -0.137. The van der Waals surface area contributed by atoms with Crippen LogP contribution in [0.25, 0.3) is 11.0 Å². The quantitative estimate of drug-likeness (QED) is 0.907. The molecule has 0 bridgehead atoms. The summed E-state index contributed by atoms with van der Waals surface area (Å²) in [5.74, 6) is 0.306. The Morgan fingerprint density at radius 3 is 2.55 bits per heavy atom. The van der Waals surface area contributed by atoms with Gasteiger partial charge in [-0.15, -0.1) is 0 Å². The van der Waals surface area contributed by atoms with Crippen molar-refractivity contribution < 1.29 is 13.2 Å². The summed E-state index contributed by atoms with van der Waals surface area (Å²) in [5.41, 5.74) is 6.21. The van der Waals surface area contributed by atoms with Crippen LogP contribution in [0.4, 0.5) is 19.1 Å². The summed E-state index contributed by atoms with van der Waals surface area (Å²) in [6, 6.07) is 3.66. The molecule has 1 aliphatic rings. The van der Waals surface area contributed by atoms with E-state index in [1.54, 1.807) is 0 Å². The number of imidazole rings is 1. The van der Waals surface area contributed by atoms with Crippen molar-refractivity contribution in [1.29, 1.82) is 0 Å². The third kappa shape index (κ3) is 1.77. The second-order valence-electron chi connectivity index (χ2n) is 5.44. The van der Waals surface area contributed by atoms with Crippen molar-refractivity contribution in [3.8, 4) is 0 Å². The molecule has 3 rings (SSSR count). The molecular formula is C14H16F3N3. The minimum absolute atomic E-state index is 0.0709. The zero-order valence-corrected chi connectivity index (χ0v) is 11.2. The van der Waals surface area contributed by atoms with Crippen molar-refractivity contribution in [2.24, 2.45) is 0 Å². The van der Waals surface area contributed by atoms with Gasteiger partial charge < -0.3 is 10.3 Å². The highest BCUT2D eigenvalue weighted by molar-refractivity contribution is 5.79. The van der Waals surface area contributed by atoms with E-state index in [1.807, 2.05) is 4.57 Å². The van der Waals surface area contributed by atoms with Crippen LogP contribution >= 0.6 is 0 Å². The standard InChI is InChI=1S/C14H16F3N3/c1-2-13(6-3-7-13)20-11-5-4-9(14(15,16)17)8-10(11)19-12(20)18/h4-5,8H,2-3,6-7H2,1H3,(H2,18,19). The summed E-state index contributed by atoms with van der Waals surface area (Å²) in [6.45, 7) is 2.08. The van der Waals surface area contributed by atoms with Gasteiger partial charge in [-0.25, -0.2) is 4.98 Å². The SMILES string of the molecule is CCC1(n2c(N)nc3cc(C(F)(F)F)ccc32)CCC1. The Morgan fingerprint density at radius 1 is 1.35 bits per heavy atom. The molecule has 3 nitrogen and oxygen atoms in total. The summed E-state index contributed by atoms with van der Waals surface area (Å²) in [7, 11) is 0. The molecule has 2 aromatic rings. The molecule has 20 heavy (non-hydrogen) atoms. The number of anilines is 1. The Hall–Kier alpha value is -1.72. The number of hydrogen-bond acceptors (Lipinski definition) is 2. The van der Waals surface area contributed by atoms with E-state index >= 15 is 0 Å². The van der Waals surface area contributed by atoms with E-state index in [0.29, 0.717) is 17.0 Å². The van der Waals surface area contributed by atoms with E-state index in [2.05, 4.69) is 11.9 Å². The molecule has 0 aliphatic heterocycles. The Balaban J connectivity index is 2.18. The van der Waals surface area contributed by atoms with Crippen LogP contribution in [0.5, 0.6) is 0 Å². The Morgan fingerprint density at radius 2 is 2.05 bits per heavy atom. The summed E-state index contributed by atoms with van der Waals surface area (Å²) in [6.07, 6.45) is -0.330. The number of halogens is 3. The van der Waals surface area contributed by atoms with E-state index in [0.717, 1.165) is 37.8 Å². The molecule has 1 saturated carbocycles. The van der Waals surface area contributed by atoms with Crippen molar-refractivity contribution in [2.75, 3.05) is 5.73 Å². The number of rotatable bonds is 2. The maximum Gasteiger partial charge on any atom is 0.416 e. The topological polar surface area (TPSA) is 43.8 Å². The number of benzene rings is 1. The van der Waals surface area contributed by atoms with Gasteiger partial charge in [0.1, 0.15) is 0 Å². The predicted octanol–water partition coefficient (Wildman–Crippen LogP) is 3.93. The fourth-order valence-electron chi connectivity index (χ4n) is 3.09. The first kappa shape index (κ1) is 13.3. The molecule has 0 amide bonds. The molecule has 1 fully saturated rings. The van der Waals surface area contributed by atoms with Gasteiger partial charge in [-0.1, -0.05) is 6.92 Å². The largest absolute Gasteiger partial charge is 0.416 e. The van der Waals surface area contributed by atoms with Gasteiger partial charge in [0.05, 0.1) is 16.6 Å². The van der Waals surface area contributed by atoms with Gasteiger partial charge in [0.15, 0.2) is 0 Å². The molecule has 1 heterocycles. The summed E-state index contributed by atoms with van der Waals surface area (Å²) in [4.78, 5) is 4.12. The minimum atomic E-state index is -4.36. The molecule has 1 aliphatic carbocycles. The second kappa shape index (κ2) is 4.14. The van der Waals surface area contributed by atoms with Crippen molar-refractivity contribution in [1.82, 2.24) is 9.55 Å². The van der Waals surface area contributed by atoms with Crippen LogP contribution in [0.1, 0.15) is 38.2 Å². The fraction of sp³-hybridized carbons (Fsp3) is 0.500. The molecule has 0 spiro atoms. The van der Waals surface area contributed by atoms with E-state index < -0.39 is 11.7 Å². The molecule has 6 heteroatoms. The highest BCUT2D eigenvalue weighted by atomic mass is 19.4. The van der Waals surface area contributed by atoms with Gasteiger partial charge in [-0.05, 0) is 43.9 Å². The first-order chi connectivity index (χ1) is 9.37. The maximum atomic E-state index is 12.7. The highest BCUT2D eigenvalue weighted by Crippen LogP contribution is 2.45. The molecule has 2 N–H and O–H groups in total. The van der Waals surface area contributed by atoms with Crippen LogP contribution in [0.2, 0.25) is 0 Å². The van der Waals surface area contributed by atoms with Crippen molar-refractivity contribution >= 4 is 17.0 Å². The fourth-order valence-corrected chi connectivity index (χ4v) is 3.09. The van der Waals surface area contributed by atoms with Crippen LogP contribution < -0.4 is 5.73 Å². The molecule has 0 radical (unpaired) electrons. The maximum absolute atomic E-state index is 12.7. The van der Waals surface area contributed by atoms with Crippen LogP contribution in [0.3, 0.4) is 0 Å². The lowest BCUT2D eigenvalue weighted by atomic mass is 9.74. The predicted molar refractivity (Wildman–Crippen MR) is 71.3 cm³/mol. The van der Waals surface area contributed by atoms with Crippen LogP contribution in [0.15, 0.2) is 18.2 Å². The smallest absolute Gasteiger partial charge is 0.369 e. The average Bonchev–Trinajstić information content (AvgIpc) is 2.64. The van der Waals surface area contributed by atoms with Gasteiger partial charge >= 0.3 is 6.18 Å². The average molecular weight is 283 g/mol. The van der Waals surface area contributed by atoms with Gasteiger partial charge in [0, 0.05) is 5.54 Å². The third-order valence-electron chi connectivity index (χ3n) is 4.42. The molecule has 0 saturated heterocycles. The Bertz CT molecular complexity index is 648. The number of nitrogen functional groups attached to an aromatic ring is 1. The van der Waals surface area contributed by atoms with Crippen molar-refractivity contribution in [3.05, 3.63) is 23.8 Å². The van der Waals surface area contributed by atoms with Gasteiger partial charge in [0.2, 0.25) is 5.95 Å². The number of alkyl halides is 3. The monoisotopic (exact) mass is 283 g/mol. The van der Waals surface area contributed by atoms with E-state index in [1.165, 1.54) is 6.07 Å². The highest BCUT2D eigenvalue weighted by Gasteiger charge is 2.39. The number of fused-ring (bicyclic) bond motifs is 1. The zero-order valence-electron chi connectivity index (χ0n) is 11.2. The van der Waals surface area contributed by atoms with Gasteiger partial charge in [-0.2, -0.15) is 13.2 Å². The van der Waals surface area contributed by atoms with Crippen LogP contribution in [-0.4, -0.2) is 9.55 Å². The van der Waals surface area contributed by atoms with Gasteiger partial charge in [0.25, 0.3) is 0 Å². The van der Waals surface area contributed by atoms with E-state index in [-0.39, 0.29) is 5.54 Å². The molecule has 1 aromatic carbocycles. The van der Waals surface area contributed by atoms with Crippen molar-refractivity contribution in [2.45, 2.75) is 44.3 Å². The zero-order chi connectivity index (χ0) is 14.5. The third-order valence-corrected chi connectivity index (χ3v) is 4.42. The number of nitrogens with zero attached hydrogens (tertiary/aromatic N) is 2. The first-order valence-corrected chi connectivity index (χ1v) is 6.73. The van der Waals surface area contributed by atoms with Crippen LogP contribution in [0, 0.1) is 0 Å². The second-order valence-corrected chi connectivity index (χ2v) is 5.44. The van der Waals surface area contributed by atoms with E-state index in [4.69, 9.17) is 5.73 Å². The molecule has 1 aromatic heterocycles. The number of hydrogen-bond donors (Lipinski definition) is 1. The molecule has 0 unspecified atom stereocenters. The van der Waals surface area contributed by atoms with Crippen LogP contribution in [-0.2, 0) is 11.7 Å². The lowest BCUT2D eigenvalue weighted by Gasteiger charge is -2.43. The van der Waals surface area contributed by atoms with E-state index in [9.17, 15) is 13.2 Å². The normalized spacial score (nSPS) is 18.2. The first-order valence-electron chi connectivity index (χ1n) is 6.73. The Kier molecular flexibility index (Phi) is 2.74. The summed E-state index contributed by atoms with van der Waals surface area (Å²) in [5, 5.41) is 0. The summed E-state index contributed by atoms with van der Waals surface area (Å²) >= 11 is 0. The molecular weight excluding hydrogens is 267 g/mol. The van der Waals surface area contributed by atoms with Gasteiger partial charge in [-0.3, -0.25) is 0 Å². The number of aromatic nitrogens is 2. The number of nitrogens with two attached hydrogens (primary N) is 1. The van der Waals surface area contributed by atoms with Crippen molar-refractivity contribution in [3.63, 3.8) is 0 Å².